The Morgan fingerprint density at radius 2 is 2.00 bits per heavy atom. The van der Waals surface area contributed by atoms with Crippen LogP contribution >= 0.6 is 0 Å². The molecule has 0 aliphatic heterocycles. The van der Waals surface area contributed by atoms with Crippen LogP contribution in [-0.4, -0.2) is 0 Å². The number of hydrogen-bond acceptors (Lipinski definition) is 3. The molecule has 0 bridgehead atoms. The minimum atomic E-state index is -0.236. The fraction of sp³-hybridized carbons (Fsp3) is 0.231. The van der Waals surface area contributed by atoms with Gasteiger partial charge in [0.05, 0.1) is 12.3 Å². The van der Waals surface area contributed by atoms with E-state index in [1.165, 1.54) is 12.1 Å². The van der Waals surface area contributed by atoms with Crippen LogP contribution in [0.3, 0.4) is 0 Å². The lowest BCUT2D eigenvalue weighted by Crippen LogP contribution is -2.29. The number of furan rings is 1. The average Bonchev–Trinajstić information content (AvgIpc) is 2.75. The lowest BCUT2D eigenvalue weighted by Gasteiger charge is -2.14. The maximum absolute atomic E-state index is 12.8. The van der Waals surface area contributed by atoms with Gasteiger partial charge in [0.1, 0.15) is 11.6 Å². The molecule has 90 valence electrons. The number of hydrazine groups is 1. The Labute approximate surface area is 99.4 Å². The molecule has 1 aromatic heterocycles. The van der Waals surface area contributed by atoms with Gasteiger partial charge in [0.25, 0.3) is 0 Å². The maximum atomic E-state index is 12.8. The predicted octanol–water partition coefficient (Wildman–Crippen LogP) is 2.47. The van der Waals surface area contributed by atoms with E-state index in [9.17, 15) is 4.39 Å². The molecule has 1 atom stereocenters. The van der Waals surface area contributed by atoms with Crippen molar-refractivity contribution in [3.63, 3.8) is 0 Å². The Hall–Kier alpha value is -1.65. The van der Waals surface area contributed by atoms with Gasteiger partial charge in [-0.1, -0.05) is 12.1 Å². The van der Waals surface area contributed by atoms with Gasteiger partial charge in [0.15, 0.2) is 0 Å². The predicted molar refractivity (Wildman–Crippen MR) is 63.6 cm³/mol. The van der Waals surface area contributed by atoms with E-state index >= 15 is 0 Å². The third-order valence-electron chi connectivity index (χ3n) is 2.77. The maximum Gasteiger partial charge on any atom is 0.125 e. The molecule has 1 unspecified atom stereocenters. The molecule has 0 radical (unpaired) electrons. The van der Waals surface area contributed by atoms with Crippen LogP contribution in [0.1, 0.15) is 22.9 Å². The summed E-state index contributed by atoms with van der Waals surface area (Å²) in [6.07, 6.45) is 2.30. The number of hydrogen-bond donors (Lipinski definition) is 2. The molecule has 0 fully saturated rings. The molecule has 0 amide bonds. The normalized spacial score (nSPS) is 12.6. The van der Waals surface area contributed by atoms with E-state index in [4.69, 9.17) is 10.3 Å². The molecule has 1 heterocycles. The van der Waals surface area contributed by atoms with Crippen molar-refractivity contribution >= 4 is 0 Å². The highest BCUT2D eigenvalue weighted by molar-refractivity contribution is 5.23. The third-order valence-corrected chi connectivity index (χ3v) is 2.77. The van der Waals surface area contributed by atoms with Crippen LogP contribution in [-0.2, 0) is 6.42 Å². The molecule has 2 rings (SSSR count). The summed E-state index contributed by atoms with van der Waals surface area (Å²) in [6.45, 7) is 1.97. The van der Waals surface area contributed by atoms with Crippen molar-refractivity contribution in [3.05, 3.63) is 59.3 Å². The average molecular weight is 234 g/mol. The zero-order valence-electron chi connectivity index (χ0n) is 9.61. The molecule has 0 aliphatic rings. The van der Waals surface area contributed by atoms with Crippen molar-refractivity contribution < 1.29 is 8.81 Å². The van der Waals surface area contributed by atoms with Gasteiger partial charge < -0.3 is 4.42 Å². The zero-order chi connectivity index (χ0) is 12.3. The summed E-state index contributed by atoms with van der Waals surface area (Å²) >= 11 is 0. The van der Waals surface area contributed by atoms with E-state index in [1.54, 1.807) is 18.4 Å². The van der Waals surface area contributed by atoms with Crippen LogP contribution in [0.2, 0.25) is 0 Å². The van der Waals surface area contributed by atoms with Crippen LogP contribution in [0.4, 0.5) is 4.39 Å². The number of benzene rings is 1. The van der Waals surface area contributed by atoms with E-state index < -0.39 is 0 Å². The van der Waals surface area contributed by atoms with Gasteiger partial charge in [0.2, 0.25) is 0 Å². The van der Waals surface area contributed by atoms with Gasteiger partial charge >= 0.3 is 0 Å². The second kappa shape index (κ2) is 5.12. The molecule has 3 N–H and O–H groups in total. The van der Waals surface area contributed by atoms with Gasteiger partial charge in [-0.05, 0) is 42.7 Å². The van der Waals surface area contributed by atoms with Gasteiger partial charge in [-0.15, -0.1) is 0 Å². The number of nitrogens with one attached hydrogen (secondary N) is 1. The number of nitrogens with two attached hydrogens (primary N) is 1. The first-order chi connectivity index (χ1) is 8.20. The molecule has 4 heteroatoms. The molecule has 2 aromatic rings. The zero-order valence-corrected chi connectivity index (χ0v) is 9.61. The Morgan fingerprint density at radius 3 is 2.53 bits per heavy atom. The van der Waals surface area contributed by atoms with E-state index in [0.717, 1.165) is 16.9 Å². The van der Waals surface area contributed by atoms with Crippen LogP contribution in [0.15, 0.2) is 41.0 Å². The summed E-state index contributed by atoms with van der Waals surface area (Å²) in [5, 5.41) is 0. The molecule has 0 saturated heterocycles. The quantitative estimate of drug-likeness (QED) is 0.631. The van der Waals surface area contributed by atoms with Gasteiger partial charge in [-0.2, -0.15) is 0 Å². The van der Waals surface area contributed by atoms with E-state index in [2.05, 4.69) is 5.43 Å². The largest absolute Gasteiger partial charge is 0.467 e. The smallest absolute Gasteiger partial charge is 0.125 e. The Kier molecular flexibility index (Phi) is 3.56. The summed E-state index contributed by atoms with van der Waals surface area (Å²) in [4.78, 5) is 0. The van der Waals surface area contributed by atoms with Crippen LogP contribution < -0.4 is 11.3 Å². The minimum absolute atomic E-state index is 0.101. The van der Waals surface area contributed by atoms with Crippen molar-refractivity contribution in [2.24, 2.45) is 5.84 Å². The lowest BCUT2D eigenvalue weighted by atomic mass is 10.0. The SMILES string of the molecule is Cc1ccoc1C(Cc1ccc(F)cc1)NN. The second-order valence-corrected chi connectivity index (χ2v) is 4.02. The first-order valence-electron chi connectivity index (χ1n) is 5.45. The first kappa shape index (κ1) is 11.8. The van der Waals surface area contributed by atoms with E-state index in [1.807, 2.05) is 13.0 Å². The molecule has 0 spiro atoms. The van der Waals surface area contributed by atoms with E-state index in [-0.39, 0.29) is 11.9 Å². The topological polar surface area (TPSA) is 51.2 Å². The summed E-state index contributed by atoms with van der Waals surface area (Å²) in [5.41, 5.74) is 4.78. The summed E-state index contributed by atoms with van der Waals surface area (Å²) < 4.78 is 18.2. The summed E-state index contributed by atoms with van der Waals surface area (Å²) in [5.74, 6) is 6.11. The third kappa shape index (κ3) is 2.72. The number of aryl methyl sites for hydroxylation is 1. The van der Waals surface area contributed by atoms with E-state index in [0.29, 0.717) is 6.42 Å². The Bertz CT molecular complexity index is 478. The Morgan fingerprint density at radius 1 is 1.29 bits per heavy atom. The molecule has 0 saturated carbocycles. The molecule has 0 aliphatic carbocycles. The first-order valence-corrected chi connectivity index (χ1v) is 5.45. The van der Waals surface area contributed by atoms with Crippen LogP contribution in [0, 0.1) is 12.7 Å². The molecular formula is C13H15FN2O. The number of halogens is 1. The molecule has 1 aromatic carbocycles. The molecular weight excluding hydrogens is 219 g/mol. The van der Waals surface area contributed by atoms with Gasteiger partial charge in [-0.25, -0.2) is 9.82 Å². The highest BCUT2D eigenvalue weighted by Gasteiger charge is 2.16. The van der Waals surface area contributed by atoms with Crippen molar-refractivity contribution in [3.8, 4) is 0 Å². The fourth-order valence-electron chi connectivity index (χ4n) is 1.82. The van der Waals surface area contributed by atoms with Crippen molar-refractivity contribution in [1.29, 1.82) is 0 Å². The second-order valence-electron chi connectivity index (χ2n) is 4.02. The van der Waals surface area contributed by atoms with Crippen LogP contribution in [0.25, 0.3) is 0 Å². The number of rotatable bonds is 4. The van der Waals surface area contributed by atoms with Crippen molar-refractivity contribution in [2.45, 2.75) is 19.4 Å². The summed E-state index contributed by atoms with van der Waals surface area (Å²) in [7, 11) is 0. The van der Waals surface area contributed by atoms with Crippen LogP contribution in [0.5, 0.6) is 0 Å². The van der Waals surface area contributed by atoms with Crippen molar-refractivity contribution in [2.75, 3.05) is 0 Å². The highest BCUT2D eigenvalue weighted by Crippen LogP contribution is 2.22. The fourth-order valence-corrected chi connectivity index (χ4v) is 1.82. The lowest BCUT2D eigenvalue weighted by molar-refractivity contribution is 0.413. The summed E-state index contributed by atoms with van der Waals surface area (Å²) in [6, 6.07) is 8.17. The van der Waals surface area contributed by atoms with Gasteiger partial charge in [-0.3, -0.25) is 5.84 Å². The Balaban J connectivity index is 2.16. The molecule has 3 nitrogen and oxygen atoms in total. The monoisotopic (exact) mass is 234 g/mol. The standard InChI is InChI=1S/C13H15FN2O/c1-9-6-7-17-13(9)12(16-15)8-10-2-4-11(14)5-3-10/h2-7,12,16H,8,15H2,1H3. The molecule has 17 heavy (non-hydrogen) atoms. The van der Waals surface area contributed by atoms with Crippen molar-refractivity contribution in [1.82, 2.24) is 5.43 Å². The van der Waals surface area contributed by atoms with Gasteiger partial charge in [0, 0.05) is 0 Å². The highest BCUT2D eigenvalue weighted by atomic mass is 19.1. The minimum Gasteiger partial charge on any atom is -0.467 e.